The van der Waals surface area contributed by atoms with E-state index in [2.05, 4.69) is 22.4 Å². The number of benzene rings is 2. The van der Waals surface area contributed by atoms with Crippen LogP contribution in [0.1, 0.15) is 29.4 Å². The van der Waals surface area contributed by atoms with Crippen molar-refractivity contribution in [1.29, 1.82) is 0 Å². The molecule has 5 nitrogen and oxygen atoms in total. The molecule has 0 aliphatic rings. The van der Waals surface area contributed by atoms with Crippen LogP contribution in [0.25, 0.3) is 27.4 Å². The van der Waals surface area contributed by atoms with E-state index in [-0.39, 0.29) is 5.91 Å². The Balaban J connectivity index is 1.48. The largest absolute Gasteiger partial charge is 0.496 e. The summed E-state index contributed by atoms with van der Waals surface area (Å²) in [5.74, 6) is 1.46. The first kappa shape index (κ1) is 19.8. The van der Waals surface area contributed by atoms with Gasteiger partial charge in [0.25, 0.3) is 0 Å². The van der Waals surface area contributed by atoms with E-state index in [1.54, 1.807) is 13.2 Å². The molecule has 0 unspecified atom stereocenters. The van der Waals surface area contributed by atoms with Crippen LogP contribution in [0, 0.1) is 13.8 Å². The lowest BCUT2D eigenvalue weighted by Gasteiger charge is -2.10. The number of aromatic amines is 1. The number of furan rings is 1. The molecule has 0 atom stereocenters. The molecule has 0 aliphatic heterocycles. The predicted molar refractivity (Wildman–Crippen MR) is 121 cm³/mol. The molecular weight excluding hydrogens is 376 g/mol. The zero-order valence-corrected chi connectivity index (χ0v) is 17.8. The fraction of sp³-hybridized carbons (Fsp3) is 0.240. The molecule has 0 fully saturated rings. The molecule has 4 aromatic rings. The third kappa shape index (κ3) is 3.71. The molecule has 154 valence electrons. The van der Waals surface area contributed by atoms with Gasteiger partial charge in [-0.1, -0.05) is 18.2 Å². The Hall–Kier alpha value is -3.47. The zero-order chi connectivity index (χ0) is 21.3. The summed E-state index contributed by atoms with van der Waals surface area (Å²) in [5, 5.41) is 5.22. The first-order valence-electron chi connectivity index (χ1n) is 10.1. The second-order valence-corrected chi connectivity index (χ2v) is 7.56. The van der Waals surface area contributed by atoms with Gasteiger partial charge in [0.2, 0.25) is 5.91 Å². The number of aryl methyl sites for hydroxylation is 2. The van der Waals surface area contributed by atoms with Crippen molar-refractivity contribution in [2.45, 2.75) is 27.2 Å². The number of fused-ring (bicyclic) bond motifs is 2. The van der Waals surface area contributed by atoms with Crippen LogP contribution in [0.2, 0.25) is 0 Å². The summed E-state index contributed by atoms with van der Waals surface area (Å²) < 4.78 is 11.3. The average Bonchev–Trinajstić information content (AvgIpc) is 3.27. The summed E-state index contributed by atoms with van der Waals surface area (Å²) in [6.45, 7) is 6.48. The molecule has 2 aromatic carbocycles. The molecule has 0 bridgehead atoms. The van der Waals surface area contributed by atoms with Crippen molar-refractivity contribution >= 4 is 33.4 Å². The van der Waals surface area contributed by atoms with Crippen LogP contribution in [0.15, 0.2) is 53.1 Å². The van der Waals surface area contributed by atoms with Gasteiger partial charge in [0.15, 0.2) is 0 Å². The monoisotopic (exact) mass is 402 g/mol. The average molecular weight is 402 g/mol. The van der Waals surface area contributed by atoms with Crippen LogP contribution in [0.4, 0.5) is 0 Å². The van der Waals surface area contributed by atoms with Gasteiger partial charge in [-0.2, -0.15) is 0 Å². The fourth-order valence-electron chi connectivity index (χ4n) is 3.83. The first-order valence-corrected chi connectivity index (χ1v) is 10.1. The molecule has 2 aromatic heterocycles. The standard InChI is InChI=1S/C25H26N2O3/c1-15(20-12-21-16(2)17(3)30-24(21)13-23(20)29-4)11-25(28)26-10-9-18-14-27-22-8-6-5-7-19(18)22/h5-8,11-14,27H,9-10H2,1-4H3,(H,26,28)/b15-11+. The van der Waals surface area contributed by atoms with E-state index in [1.165, 1.54) is 10.9 Å². The number of ether oxygens (including phenoxy) is 1. The third-order valence-corrected chi connectivity index (χ3v) is 5.64. The number of carbonyl (C=O) groups is 1. The number of H-pyrrole nitrogens is 1. The Labute approximate surface area is 175 Å². The van der Waals surface area contributed by atoms with Crippen molar-refractivity contribution in [1.82, 2.24) is 10.3 Å². The Morgan fingerprint density at radius 2 is 2.00 bits per heavy atom. The lowest BCUT2D eigenvalue weighted by atomic mass is 10.0. The van der Waals surface area contributed by atoms with Crippen molar-refractivity contribution in [2.75, 3.05) is 13.7 Å². The van der Waals surface area contributed by atoms with Crippen LogP contribution < -0.4 is 10.1 Å². The Bertz CT molecular complexity index is 1260. The summed E-state index contributed by atoms with van der Waals surface area (Å²) in [6, 6.07) is 12.1. The van der Waals surface area contributed by atoms with Crippen LogP contribution in [-0.2, 0) is 11.2 Å². The van der Waals surface area contributed by atoms with E-state index in [0.29, 0.717) is 12.3 Å². The Kier molecular flexibility index (Phi) is 5.36. The van der Waals surface area contributed by atoms with Crippen molar-refractivity contribution in [3.05, 3.63) is 71.1 Å². The van der Waals surface area contributed by atoms with Gasteiger partial charge in [-0.25, -0.2) is 0 Å². The minimum absolute atomic E-state index is 0.116. The molecule has 0 aliphatic carbocycles. The fourth-order valence-corrected chi connectivity index (χ4v) is 3.83. The number of aromatic nitrogens is 1. The van der Waals surface area contributed by atoms with Crippen LogP contribution in [0.5, 0.6) is 5.75 Å². The molecule has 1 amide bonds. The van der Waals surface area contributed by atoms with Crippen LogP contribution >= 0.6 is 0 Å². The molecule has 0 saturated carbocycles. The predicted octanol–water partition coefficient (Wildman–Crippen LogP) is 5.30. The number of hydrogen-bond donors (Lipinski definition) is 2. The number of carbonyl (C=O) groups excluding carboxylic acids is 1. The van der Waals surface area contributed by atoms with Gasteiger partial charge in [-0.15, -0.1) is 0 Å². The highest BCUT2D eigenvalue weighted by molar-refractivity contribution is 5.97. The van der Waals surface area contributed by atoms with E-state index in [1.807, 2.05) is 51.2 Å². The minimum atomic E-state index is -0.116. The number of amides is 1. The number of para-hydroxylation sites is 1. The van der Waals surface area contributed by atoms with E-state index in [4.69, 9.17) is 9.15 Å². The van der Waals surface area contributed by atoms with Gasteiger partial charge >= 0.3 is 0 Å². The quantitative estimate of drug-likeness (QED) is 0.430. The van der Waals surface area contributed by atoms with E-state index in [0.717, 1.165) is 45.4 Å². The first-order chi connectivity index (χ1) is 14.5. The zero-order valence-electron chi connectivity index (χ0n) is 17.8. The minimum Gasteiger partial charge on any atom is -0.496 e. The van der Waals surface area contributed by atoms with Crippen molar-refractivity contribution in [2.24, 2.45) is 0 Å². The van der Waals surface area contributed by atoms with E-state index < -0.39 is 0 Å². The lowest BCUT2D eigenvalue weighted by molar-refractivity contribution is -0.116. The highest BCUT2D eigenvalue weighted by Crippen LogP contribution is 2.34. The molecule has 0 saturated heterocycles. The normalized spacial score (nSPS) is 11.9. The molecular formula is C25H26N2O3. The topological polar surface area (TPSA) is 67.3 Å². The number of methoxy groups -OCH3 is 1. The smallest absolute Gasteiger partial charge is 0.244 e. The molecule has 0 spiro atoms. The van der Waals surface area contributed by atoms with E-state index >= 15 is 0 Å². The summed E-state index contributed by atoms with van der Waals surface area (Å²) >= 11 is 0. The SMILES string of the molecule is COc1cc2oc(C)c(C)c2cc1/C(C)=C/C(=O)NCCc1c[nH]c2ccccc12. The highest BCUT2D eigenvalue weighted by atomic mass is 16.5. The van der Waals surface area contributed by atoms with Crippen LogP contribution in [0.3, 0.4) is 0 Å². The van der Waals surface area contributed by atoms with Gasteiger partial charge in [0.05, 0.1) is 7.11 Å². The van der Waals surface area contributed by atoms with Crippen molar-refractivity contribution in [3.63, 3.8) is 0 Å². The summed E-state index contributed by atoms with van der Waals surface area (Å²) in [4.78, 5) is 15.8. The van der Waals surface area contributed by atoms with Gasteiger partial charge in [0, 0.05) is 46.7 Å². The summed E-state index contributed by atoms with van der Waals surface area (Å²) in [5.41, 5.74) is 5.94. The second-order valence-electron chi connectivity index (χ2n) is 7.56. The molecule has 2 heterocycles. The molecule has 4 rings (SSSR count). The maximum atomic E-state index is 12.5. The van der Waals surface area contributed by atoms with Crippen molar-refractivity contribution in [3.8, 4) is 5.75 Å². The molecule has 30 heavy (non-hydrogen) atoms. The Morgan fingerprint density at radius 3 is 2.80 bits per heavy atom. The van der Waals surface area contributed by atoms with E-state index in [9.17, 15) is 4.79 Å². The molecule has 0 radical (unpaired) electrons. The lowest BCUT2D eigenvalue weighted by Crippen LogP contribution is -2.23. The maximum Gasteiger partial charge on any atom is 0.244 e. The molecule has 2 N–H and O–H groups in total. The van der Waals surface area contributed by atoms with Crippen molar-refractivity contribution < 1.29 is 13.9 Å². The third-order valence-electron chi connectivity index (χ3n) is 5.64. The Morgan fingerprint density at radius 1 is 1.20 bits per heavy atom. The number of rotatable bonds is 6. The van der Waals surface area contributed by atoms with Gasteiger partial charge in [-0.05, 0) is 56.0 Å². The van der Waals surface area contributed by atoms with Crippen LogP contribution in [-0.4, -0.2) is 24.5 Å². The number of nitrogens with one attached hydrogen (secondary N) is 2. The van der Waals surface area contributed by atoms with Gasteiger partial charge in [-0.3, -0.25) is 4.79 Å². The summed E-state index contributed by atoms with van der Waals surface area (Å²) in [6.07, 6.45) is 4.40. The number of hydrogen-bond acceptors (Lipinski definition) is 3. The second kappa shape index (κ2) is 8.11. The molecule has 5 heteroatoms. The summed E-state index contributed by atoms with van der Waals surface area (Å²) in [7, 11) is 1.63. The van der Waals surface area contributed by atoms with Gasteiger partial charge < -0.3 is 19.5 Å². The number of allylic oxidation sites excluding steroid dienone is 1. The van der Waals surface area contributed by atoms with Gasteiger partial charge in [0.1, 0.15) is 17.1 Å². The maximum absolute atomic E-state index is 12.5. The highest BCUT2D eigenvalue weighted by Gasteiger charge is 2.14.